The highest BCUT2D eigenvalue weighted by Gasteiger charge is 2.53. The number of alkyl halides is 6. The van der Waals surface area contributed by atoms with Gasteiger partial charge >= 0.3 is 12.4 Å². The van der Waals surface area contributed by atoms with Crippen molar-refractivity contribution in [3.63, 3.8) is 0 Å². The second-order valence-corrected chi connectivity index (χ2v) is 21.5. The highest BCUT2D eigenvalue weighted by Crippen LogP contribution is 2.41. The molecule has 2 atom stereocenters. The van der Waals surface area contributed by atoms with Crippen LogP contribution in [0, 0.1) is 13.8 Å². The zero-order valence-corrected chi connectivity index (χ0v) is 45.2. The number of para-hydroxylation sites is 2. The van der Waals surface area contributed by atoms with E-state index in [4.69, 9.17) is 0 Å². The number of likely N-dealkylation sites (tertiary alicyclic amines) is 2. The third kappa shape index (κ3) is 12.6. The Balaban J connectivity index is 0.000000194. The number of hydrogen-bond acceptors (Lipinski definition) is 8. The molecule has 11 nitrogen and oxygen atoms in total. The minimum absolute atomic E-state index is 0.00788. The quantitative estimate of drug-likeness (QED) is 0.104. The van der Waals surface area contributed by atoms with Crippen molar-refractivity contribution in [2.24, 2.45) is 0 Å². The fourth-order valence-electron chi connectivity index (χ4n) is 12.1. The molecule has 80 heavy (non-hydrogen) atoms. The summed E-state index contributed by atoms with van der Waals surface area (Å²) in [5, 5.41) is 6.02. The molecule has 4 heterocycles. The molecule has 4 fully saturated rings. The van der Waals surface area contributed by atoms with Crippen molar-refractivity contribution in [3.8, 4) is 0 Å². The van der Waals surface area contributed by atoms with Crippen LogP contribution in [0.4, 0.5) is 37.7 Å². The van der Waals surface area contributed by atoms with Crippen LogP contribution in [0.5, 0.6) is 0 Å². The van der Waals surface area contributed by atoms with Crippen molar-refractivity contribution in [1.29, 1.82) is 0 Å². The maximum atomic E-state index is 13.9. The molecular formula is C63H67F6N7O4. The first kappa shape index (κ1) is 57.2. The van der Waals surface area contributed by atoms with Gasteiger partial charge in [-0.05, 0) is 123 Å². The fourth-order valence-corrected chi connectivity index (χ4v) is 12.1. The molecule has 420 valence electrons. The number of halogens is 6. The molecule has 0 bridgehead atoms. The van der Waals surface area contributed by atoms with E-state index in [0.29, 0.717) is 93.9 Å². The molecule has 4 aliphatic heterocycles. The van der Waals surface area contributed by atoms with E-state index in [1.54, 1.807) is 37.9 Å². The fraction of sp³-hybridized carbons (Fsp3) is 0.365. The third-order valence-corrected chi connectivity index (χ3v) is 16.3. The first-order valence-electron chi connectivity index (χ1n) is 27.2. The molecule has 4 saturated heterocycles. The van der Waals surface area contributed by atoms with Crippen LogP contribution in [0.3, 0.4) is 0 Å². The van der Waals surface area contributed by atoms with Gasteiger partial charge in [-0.1, -0.05) is 120 Å². The zero-order chi connectivity index (χ0) is 56.8. The van der Waals surface area contributed by atoms with E-state index >= 15 is 0 Å². The van der Waals surface area contributed by atoms with E-state index in [0.717, 1.165) is 46.8 Å². The molecule has 0 radical (unpaired) electrons. The topological polar surface area (TPSA) is 109 Å². The van der Waals surface area contributed by atoms with Gasteiger partial charge in [0.1, 0.15) is 17.1 Å². The third-order valence-electron chi connectivity index (χ3n) is 16.3. The molecule has 2 spiro atoms. The SMILES string of the molecule is Cc1cc(CCC(=O)C(c2ccccc2)N2CCC3(CC2)C(=O)NCN3c2ccccc2)cc(C(F)(F)F)c1.Cc1cc(CCN(C)C(=O)C(c2ccccc2)N2CCC3(CC2)C(=O)NCN3c2ccccc2)cc(C(F)(F)F)c1. The Hall–Kier alpha value is -7.50. The van der Waals surface area contributed by atoms with Crippen molar-refractivity contribution in [2.45, 2.75) is 94.3 Å². The van der Waals surface area contributed by atoms with Crippen molar-refractivity contribution in [3.05, 3.63) is 202 Å². The van der Waals surface area contributed by atoms with E-state index in [1.165, 1.54) is 0 Å². The number of nitrogens with one attached hydrogen (secondary N) is 2. The average Bonchev–Trinajstić information content (AvgIpc) is 3.99. The summed E-state index contributed by atoms with van der Waals surface area (Å²) in [6.45, 7) is 6.63. The molecule has 0 saturated carbocycles. The number of hydrogen-bond donors (Lipinski definition) is 2. The lowest BCUT2D eigenvalue weighted by atomic mass is 9.84. The maximum Gasteiger partial charge on any atom is 0.416 e. The first-order valence-corrected chi connectivity index (χ1v) is 27.2. The van der Waals surface area contributed by atoms with Gasteiger partial charge in [0, 0.05) is 57.6 Å². The second kappa shape index (κ2) is 24.1. The van der Waals surface area contributed by atoms with E-state index in [-0.39, 0.29) is 42.9 Å². The van der Waals surface area contributed by atoms with Crippen LogP contribution >= 0.6 is 0 Å². The molecule has 3 amide bonds. The highest BCUT2D eigenvalue weighted by molar-refractivity contribution is 5.94. The average molecular weight is 1100 g/mol. The van der Waals surface area contributed by atoms with E-state index in [2.05, 4.69) is 30.2 Å². The summed E-state index contributed by atoms with van der Waals surface area (Å²) in [4.78, 5) is 64.0. The maximum absolute atomic E-state index is 13.9. The molecule has 6 aromatic carbocycles. The zero-order valence-electron chi connectivity index (χ0n) is 45.2. The number of likely N-dealkylation sites (N-methyl/N-ethyl adjacent to an activating group) is 1. The summed E-state index contributed by atoms with van der Waals surface area (Å²) >= 11 is 0. The summed E-state index contributed by atoms with van der Waals surface area (Å²) in [5.41, 5.74) is 3.07. The Morgan fingerprint density at radius 3 is 1.32 bits per heavy atom. The molecule has 17 heteroatoms. The minimum Gasteiger partial charge on any atom is -0.344 e. The van der Waals surface area contributed by atoms with Crippen LogP contribution in [0.1, 0.15) is 88.7 Å². The number of ketones is 1. The van der Waals surface area contributed by atoms with Crippen molar-refractivity contribution in [1.82, 2.24) is 25.3 Å². The van der Waals surface area contributed by atoms with Gasteiger partial charge in [0.05, 0.1) is 30.5 Å². The van der Waals surface area contributed by atoms with Crippen LogP contribution in [0.25, 0.3) is 0 Å². The number of anilines is 2. The highest BCUT2D eigenvalue weighted by atomic mass is 19.4. The Bertz CT molecular complexity index is 3110. The summed E-state index contributed by atoms with van der Waals surface area (Å²) in [5.74, 6) is -0.139. The van der Waals surface area contributed by atoms with Gasteiger partial charge in [-0.2, -0.15) is 26.3 Å². The van der Waals surface area contributed by atoms with Gasteiger partial charge in [-0.15, -0.1) is 0 Å². The Morgan fingerprint density at radius 1 is 0.537 bits per heavy atom. The number of piperidine rings is 2. The summed E-state index contributed by atoms with van der Waals surface area (Å²) in [7, 11) is 1.70. The van der Waals surface area contributed by atoms with Crippen molar-refractivity contribution >= 4 is 34.9 Å². The van der Waals surface area contributed by atoms with Crippen LogP contribution < -0.4 is 20.4 Å². The predicted octanol–water partition coefficient (Wildman–Crippen LogP) is 10.9. The monoisotopic (exact) mass is 1100 g/mol. The predicted molar refractivity (Wildman–Crippen MR) is 296 cm³/mol. The molecule has 0 aliphatic carbocycles. The Labute approximate surface area is 463 Å². The Kier molecular flexibility index (Phi) is 17.2. The lowest BCUT2D eigenvalue weighted by Gasteiger charge is -2.45. The number of aryl methyl sites for hydroxylation is 3. The van der Waals surface area contributed by atoms with Gasteiger partial charge in [-0.25, -0.2) is 0 Å². The van der Waals surface area contributed by atoms with Crippen molar-refractivity contribution < 1.29 is 45.5 Å². The minimum atomic E-state index is -4.43. The number of carbonyl (C=O) groups is 4. The molecule has 4 aliphatic rings. The summed E-state index contributed by atoms with van der Waals surface area (Å²) in [6, 6.07) is 45.7. The van der Waals surface area contributed by atoms with Crippen LogP contribution in [0.15, 0.2) is 158 Å². The van der Waals surface area contributed by atoms with Gasteiger partial charge in [-0.3, -0.25) is 29.0 Å². The van der Waals surface area contributed by atoms with E-state index in [9.17, 15) is 45.5 Å². The van der Waals surface area contributed by atoms with Gasteiger partial charge in [0.25, 0.3) is 0 Å². The number of rotatable bonds is 14. The molecule has 6 aromatic rings. The molecular weight excluding hydrogens is 1030 g/mol. The number of carbonyl (C=O) groups excluding carboxylic acids is 4. The molecule has 10 rings (SSSR count). The normalized spacial score (nSPS) is 18.1. The van der Waals surface area contributed by atoms with E-state index in [1.807, 2.05) is 121 Å². The smallest absolute Gasteiger partial charge is 0.344 e. The lowest BCUT2D eigenvalue weighted by molar-refractivity contribution is -0.138. The van der Waals surface area contributed by atoms with Crippen LogP contribution in [-0.2, 0) is 44.4 Å². The molecule has 0 aromatic heterocycles. The standard InChI is InChI=1S/C32H35F3N4O2.C31H32F3N3O2/c1-23-19-24(21-26(20-23)32(33,34)35)13-16-37(2)29(40)28(25-9-5-3-6-10-25)38-17-14-31(15-18-38)30(41)36-22-39(31)27-11-7-4-8-12-27;1-22-18-23(20-25(19-22)31(32,33)34)12-13-27(38)28(24-8-4-2-5-9-24)36-16-14-30(15-17-36)29(39)35-21-37(30)26-10-6-3-7-11-26/h3-12,19-21,28H,13-18,22H2,1-2H3,(H,36,41);2-11,18-20,28H,12-17,21H2,1H3,(H,35,39). The summed E-state index contributed by atoms with van der Waals surface area (Å²) in [6.07, 6.45) is -5.92. The van der Waals surface area contributed by atoms with Crippen LogP contribution in [0.2, 0.25) is 0 Å². The first-order chi connectivity index (χ1) is 38.3. The number of amides is 3. The van der Waals surface area contributed by atoms with Crippen LogP contribution in [-0.4, -0.2) is 102 Å². The number of nitrogens with zero attached hydrogens (tertiary/aromatic N) is 5. The van der Waals surface area contributed by atoms with Gasteiger partial charge in [0.2, 0.25) is 17.7 Å². The van der Waals surface area contributed by atoms with Crippen molar-refractivity contribution in [2.75, 3.05) is 62.9 Å². The number of Topliss-reactive ketones (excluding diaryl/α,β-unsaturated/α-hetero) is 1. The molecule has 2 N–H and O–H groups in total. The lowest BCUT2D eigenvalue weighted by Crippen LogP contribution is -2.58. The van der Waals surface area contributed by atoms with Gasteiger partial charge in [0.15, 0.2) is 5.78 Å². The second-order valence-electron chi connectivity index (χ2n) is 21.5. The number of benzene rings is 6. The van der Waals surface area contributed by atoms with Gasteiger partial charge < -0.3 is 25.3 Å². The van der Waals surface area contributed by atoms with E-state index < -0.39 is 46.6 Å². The Morgan fingerprint density at radius 2 is 0.912 bits per heavy atom. The summed E-state index contributed by atoms with van der Waals surface area (Å²) < 4.78 is 80.0. The largest absolute Gasteiger partial charge is 0.416 e. The molecule has 2 unspecified atom stereocenters.